The molecule has 24 heavy (non-hydrogen) atoms. The van der Waals surface area contributed by atoms with E-state index in [1.165, 1.54) is 10.4 Å². The molecule has 1 aliphatic rings. The Labute approximate surface area is 147 Å². The highest BCUT2D eigenvalue weighted by Gasteiger charge is 2.21. The second-order valence-corrected chi connectivity index (χ2v) is 7.32. The number of anilines is 1. The number of benzene rings is 1. The molecule has 0 saturated carbocycles. The van der Waals surface area contributed by atoms with Crippen LogP contribution in [0.1, 0.15) is 22.6 Å². The van der Waals surface area contributed by atoms with Gasteiger partial charge in [0.2, 0.25) is 5.91 Å². The summed E-state index contributed by atoms with van der Waals surface area (Å²) in [6.07, 6.45) is 1.41. The molecule has 6 heteroatoms. The van der Waals surface area contributed by atoms with Crippen molar-refractivity contribution in [2.24, 2.45) is 0 Å². The van der Waals surface area contributed by atoms with E-state index in [-0.39, 0.29) is 5.91 Å². The number of thiazole rings is 1. The van der Waals surface area contributed by atoms with Crippen molar-refractivity contribution in [1.82, 2.24) is 14.8 Å². The maximum atomic E-state index is 12.4. The van der Waals surface area contributed by atoms with Crippen LogP contribution in [0.25, 0.3) is 0 Å². The Bertz CT molecular complexity index is 678. The third-order valence-electron chi connectivity index (χ3n) is 4.47. The van der Waals surface area contributed by atoms with Crippen LogP contribution in [0.15, 0.2) is 30.3 Å². The SMILES string of the molecule is Cc1nc(N)sc1CN1CCN(C(=O)CCc2ccccc2)CC1. The molecule has 3 rings (SSSR count). The van der Waals surface area contributed by atoms with Gasteiger partial charge in [-0.2, -0.15) is 0 Å². The molecule has 1 aromatic carbocycles. The number of carbonyl (C=O) groups is 1. The fraction of sp³-hybridized carbons (Fsp3) is 0.444. The van der Waals surface area contributed by atoms with Crippen LogP contribution >= 0.6 is 11.3 Å². The molecule has 1 amide bonds. The molecule has 0 bridgehead atoms. The fourth-order valence-corrected chi connectivity index (χ4v) is 3.89. The topological polar surface area (TPSA) is 62.5 Å². The van der Waals surface area contributed by atoms with Gasteiger partial charge in [-0.1, -0.05) is 30.3 Å². The number of rotatable bonds is 5. The van der Waals surface area contributed by atoms with E-state index in [9.17, 15) is 4.79 Å². The Morgan fingerprint density at radius 3 is 2.54 bits per heavy atom. The monoisotopic (exact) mass is 344 g/mol. The standard InChI is InChI=1S/C18H24N4OS/c1-14-16(24-18(19)20-14)13-21-9-11-22(12-10-21)17(23)8-7-15-5-3-2-4-6-15/h2-6H,7-13H2,1H3,(H2,19,20). The summed E-state index contributed by atoms with van der Waals surface area (Å²) in [6, 6.07) is 10.2. The van der Waals surface area contributed by atoms with Crippen molar-refractivity contribution in [3.05, 3.63) is 46.5 Å². The van der Waals surface area contributed by atoms with E-state index in [0.717, 1.165) is 44.8 Å². The van der Waals surface area contributed by atoms with Gasteiger partial charge in [-0.3, -0.25) is 9.69 Å². The second-order valence-electron chi connectivity index (χ2n) is 6.20. The summed E-state index contributed by atoms with van der Waals surface area (Å²) in [5, 5.41) is 0.636. The van der Waals surface area contributed by atoms with Gasteiger partial charge in [0.05, 0.1) is 5.69 Å². The molecule has 0 atom stereocenters. The van der Waals surface area contributed by atoms with Crippen molar-refractivity contribution in [2.45, 2.75) is 26.3 Å². The van der Waals surface area contributed by atoms with E-state index in [1.807, 2.05) is 30.0 Å². The van der Waals surface area contributed by atoms with Crippen molar-refractivity contribution in [2.75, 3.05) is 31.9 Å². The van der Waals surface area contributed by atoms with Gasteiger partial charge in [0.25, 0.3) is 0 Å². The van der Waals surface area contributed by atoms with Crippen LogP contribution in [0.4, 0.5) is 5.13 Å². The maximum absolute atomic E-state index is 12.4. The van der Waals surface area contributed by atoms with E-state index in [2.05, 4.69) is 22.0 Å². The summed E-state index contributed by atoms with van der Waals surface area (Å²) >= 11 is 1.57. The fourth-order valence-electron chi connectivity index (χ4n) is 3.01. The van der Waals surface area contributed by atoms with E-state index in [4.69, 9.17) is 5.73 Å². The molecule has 0 aliphatic carbocycles. The van der Waals surface area contributed by atoms with Crippen LogP contribution in [-0.2, 0) is 17.8 Å². The first-order valence-electron chi connectivity index (χ1n) is 8.37. The molecule has 0 spiro atoms. The lowest BCUT2D eigenvalue weighted by atomic mass is 10.1. The van der Waals surface area contributed by atoms with E-state index < -0.39 is 0 Å². The van der Waals surface area contributed by atoms with Gasteiger partial charge in [-0.05, 0) is 18.9 Å². The lowest BCUT2D eigenvalue weighted by molar-refractivity contribution is -0.132. The smallest absolute Gasteiger partial charge is 0.222 e. The Kier molecular flexibility index (Phi) is 5.48. The summed E-state index contributed by atoms with van der Waals surface area (Å²) < 4.78 is 0. The number of amides is 1. The van der Waals surface area contributed by atoms with Gasteiger partial charge in [0.15, 0.2) is 5.13 Å². The molecule has 1 aromatic heterocycles. The molecule has 1 fully saturated rings. The first-order valence-corrected chi connectivity index (χ1v) is 9.19. The largest absolute Gasteiger partial charge is 0.375 e. The van der Waals surface area contributed by atoms with Gasteiger partial charge in [-0.25, -0.2) is 4.98 Å². The van der Waals surface area contributed by atoms with E-state index in [0.29, 0.717) is 11.6 Å². The summed E-state index contributed by atoms with van der Waals surface area (Å²) in [4.78, 5) is 22.3. The second kappa shape index (κ2) is 7.77. The molecule has 5 nitrogen and oxygen atoms in total. The molecule has 128 valence electrons. The van der Waals surface area contributed by atoms with Crippen LogP contribution in [0, 0.1) is 6.92 Å². The Morgan fingerprint density at radius 1 is 1.21 bits per heavy atom. The summed E-state index contributed by atoms with van der Waals surface area (Å²) in [7, 11) is 0. The third kappa shape index (κ3) is 4.33. The van der Waals surface area contributed by atoms with Crippen LogP contribution in [0.3, 0.4) is 0 Å². The third-order valence-corrected chi connectivity index (χ3v) is 5.44. The number of piperazine rings is 1. The quantitative estimate of drug-likeness (QED) is 0.904. The van der Waals surface area contributed by atoms with Crippen molar-refractivity contribution in [1.29, 1.82) is 0 Å². The zero-order valence-corrected chi connectivity index (χ0v) is 14.9. The first-order chi connectivity index (χ1) is 11.6. The van der Waals surface area contributed by atoms with E-state index >= 15 is 0 Å². The average Bonchev–Trinajstić information content (AvgIpc) is 2.91. The number of aryl methyl sites for hydroxylation is 2. The minimum absolute atomic E-state index is 0.261. The summed E-state index contributed by atoms with van der Waals surface area (Å²) in [5.41, 5.74) is 8.02. The number of hydrogen-bond acceptors (Lipinski definition) is 5. The van der Waals surface area contributed by atoms with Crippen LogP contribution in [-0.4, -0.2) is 46.9 Å². The predicted molar refractivity (Wildman–Crippen MR) is 97.9 cm³/mol. The Hall–Kier alpha value is -1.92. The van der Waals surface area contributed by atoms with Gasteiger partial charge in [0.1, 0.15) is 0 Å². The van der Waals surface area contributed by atoms with Crippen molar-refractivity contribution >= 4 is 22.4 Å². The van der Waals surface area contributed by atoms with Crippen LogP contribution in [0.5, 0.6) is 0 Å². The first kappa shape index (κ1) is 16.9. The number of nitrogens with zero attached hydrogens (tertiary/aromatic N) is 3. The molecule has 0 radical (unpaired) electrons. The predicted octanol–water partition coefficient (Wildman–Crippen LogP) is 2.31. The number of nitrogen functional groups attached to an aromatic ring is 1. The molecule has 1 aliphatic heterocycles. The average molecular weight is 344 g/mol. The Morgan fingerprint density at radius 2 is 1.92 bits per heavy atom. The summed E-state index contributed by atoms with van der Waals surface area (Å²) in [6.45, 7) is 6.32. The molecule has 1 saturated heterocycles. The minimum atomic E-state index is 0.261. The molecule has 0 unspecified atom stereocenters. The van der Waals surface area contributed by atoms with Crippen molar-refractivity contribution < 1.29 is 4.79 Å². The van der Waals surface area contributed by atoms with Gasteiger partial charge in [-0.15, -0.1) is 11.3 Å². The summed E-state index contributed by atoms with van der Waals surface area (Å²) in [5.74, 6) is 0.261. The number of hydrogen-bond donors (Lipinski definition) is 1. The molecular weight excluding hydrogens is 320 g/mol. The normalized spacial score (nSPS) is 15.6. The van der Waals surface area contributed by atoms with Gasteiger partial charge >= 0.3 is 0 Å². The van der Waals surface area contributed by atoms with E-state index in [1.54, 1.807) is 11.3 Å². The molecular formula is C18H24N4OS. The van der Waals surface area contributed by atoms with Crippen LogP contribution in [0.2, 0.25) is 0 Å². The highest BCUT2D eigenvalue weighted by Crippen LogP contribution is 2.22. The maximum Gasteiger partial charge on any atom is 0.222 e. The lowest BCUT2D eigenvalue weighted by Crippen LogP contribution is -2.48. The molecule has 2 aromatic rings. The minimum Gasteiger partial charge on any atom is -0.375 e. The van der Waals surface area contributed by atoms with Crippen LogP contribution < -0.4 is 5.73 Å². The molecule has 2 N–H and O–H groups in total. The van der Waals surface area contributed by atoms with Gasteiger partial charge < -0.3 is 10.6 Å². The number of aromatic nitrogens is 1. The molecule has 2 heterocycles. The van der Waals surface area contributed by atoms with Gasteiger partial charge in [0, 0.05) is 44.0 Å². The Balaban J connectivity index is 1.44. The number of nitrogens with two attached hydrogens (primary N) is 1. The highest BCUT2D eigenvalue weighted by molar-refractivity contribution is 7.15. The number of carbonyl (C=O) groups excluding carboxylic acids is 1. The highest BCUT2D eigenvalue weighted by atomic mass is 32.1. The lowest BCUT2D eigenvalue weighted by Gasteiger charge is -2.34. The van der Waals surface area contributed by atoms with Crippen molar-refractivity contribution in [3.8, 4) is 0 Å². The zero-order valence-electron chi connectivity index (χ0n) is 14.1. The van der Waals surface area contributed by atoms with Crippen molar-refractivity contribution in [3.63, 3.8) is 0 Å². The zero-order chi connectivity index (χ0) is 16.9.